The maximum absolute atomic E-state index is 12.8. The van der Waals surface area contributed by atoms with Gasteiger partial charge in [0.2, 0.25) is 5.43 Å². The molecule has 0 aliphatic rings. The zero-order valence-corrected chi connectivity index (χ0v) is 15.7. The van der Waals surface area contributed by atoms with E-state index in [2.05, 4.69) is 19.9 Å². The molecule has 132 valence electrons. The third kappa shape index (κ3) is 4.07. The van der Waals surface area contributed by atoms with Crippen molar-refractivity contribution in [1.29, 1.82) is 0 Å². The molecule has 0 N–H and O–H groups in total. The normalized spacial score (nSPS) is 14.0. The summed E-state index contributed by atoms with van der Waals surface area (Å²) in [5.74, 6) is 0.403. The van der Waals surface area contributed by atoms with Gasteiger partial charge in [-0.15, -0.1) is 11.6 Å². The molecule has 1 aromatic heterocycles. The van der Waals surface area contributed by atoms with Crippen molar-refractivity contribution < 1.29 is 4.42 Å². The highest BCUT2D eigenvalue weighted by Gasteiger charge is 2.12. The van der Waals surface area contributed by atoms with E-state index in [1.165, 1.54) is 5.56 Å². The molecule has 3 aromatic rings. The van der Waals surface area contributed by atoms with E-state index >= 15 is 0 Å². The van der Waals surface area contributed by atoms with Crippen molar-refractivity contribution in [2.75, 3.05) is 0 Å². The maximum atomic E-state index is 12.8. The third-order valence-corrected chi connectivity index (χ3v) is 5.36. The molecule has 0 aliphatic carbocycles. The highest BCUT2D eigenvalue weighted by atomic mass is 35.5. The van der Waals surface area contributed by atoms with Crippen LogP contribution in [0.4, 0.5) is 0 Å². The Labute approximate surface area is 153 Å². The minimum absolute atomic E-state index is 0.0506. The molecule has 2 aromatic carbocycles. The number of hydrogen-bond donors (Lipinski definition) is 0. The summed E-state index contributed by atoms with van der Waals surface area (Å²) in [6.07, 6.45) is 5.47. The van der Waals surface area contributed by atoms with Crippen LogP contribution in [0.3, 0.4) is 0 Å². The third-order valence-electron chi connectivity index (χ3n) is 4.93. The molecule has 1 heterocycles. The smallest absolute Gasteiger partial charge is 0.200 e. The average molecular weight is 357 g/mol. The van der Waals surface area contributed by atoms with Crippen molar-refractivity contribution >= 4 is 33.5 Å². The molecule has 0 aliphatic heterocycles. The summed E-state index contributed by atoms with van der Waals surface area (Å²) in [6.45, 7) is 4.38. The van der Waals surface area contributed by atoms with Gasteiger partial charge in [0.15, 0.2) is 0 Å². The number of alkyl halides is 1. The number of halogens is 1. The highest BCUT2D eigenvalue weighted by Crippen LogP contribution is 2.27. The second-order valence-electron chi connectivity index (χ2n) is 6.90. The van der Waals surface area contributed by atoms with Gasteiger partial charge >= 0.3 is 0 Å². The minimum Gasteiger partial charge on any atom is -0.456 e. The van der Waals surface area contributed by atoms with Crippen molar-refractivity contribution in [2.24, 2.45) is 0 Å². The zero-order chi connectivity index (χ0) is 17.8. The molecule has 0 amide bonds. The molecule has 0 fully saturated rings. The Morgan fingerprint density at radius 1 is 1.00 bits per heavy atom. The predicted molar refractivity (Wildman–Crippen MR) is 107 cm³/mol. The first kappa shape index (κ1) is 18.0. The van der Waals surface area contributed by atoms with Crippen molar-refractivity contribution in [3.63, 3.8) is 0 Å². The second kappa shape index (κ2) is 8.05. The van der Waals surface area contributed by atoms with E-state index in [1.54, 1.807) is 0 Å². The molecule has 25 heavy (non-hydrogen) atoms. The van der Waals surface area contributed by atoms with Gasteiger partial charge in [0, 0.05) is 5.38 Å². The van der Waals surface area contributed by atoms with Crippen LogP contribution in [-0.4, -0.2) is 5.38 Å². The largest absolute Gasteiger partial charge is 0.456 e. The Kier molecular flexibility index (Phi) is 5.80. The zero-order valence-electron chi connectivity index (χ0n) is 14.9. The van der Waals surface area contributed by atoms with Gasteiger partial charge in [-0.25, -0.2) is 0 Å². The van der Waals surface area contributed by atoms with Gasteiger partial charge in [0.1, 0.15) is 11.2 Å². The fraction of sp³-hybridized carbons (Fsp3) is 0.409. The fourth-order valence-corrected chi connectivity index (χ4v) is 3.77. The summed E-state index contributed by atoms with van der Waals surface area (Å²) in [5.41, 5.74) is 2.54. The molecule has 3 heteroatoms. The van der Waals surface area contributed by atoms with Crippen LogP contribution >= 0.6 is 11.6 Å². The van der Waals surface area contributed by atoms with E-state index in [0.717, 1.165) is 32.1 Å². The Balaban J connectivity index is 1.82. The average Bonchev–Trinajstić information content (AvgIpc) is 2.62. The minimum atomic E-state index is 0.0506. The SMILES string of the molecule is CCCC(Cl)CCCC(C)c1ccc2oc3ccccc3c(=O)c2c1. The molecular formula is C22H25ClO2. The number of fused-ring (bicyclic) bond motifs is 2. The van der Waals surface area contributed by atoms with Crippen LogP contribution in [0, 0.1) is 0 Å². The van der Waals surface area contributed by atoms with Gasteiger partial charge in [-0.05, 0) is 55.0 Å². The molecule has 0 saturated heterocycles. The Morgan fingerprint density at radius 3 is 2.56 bits per heavy atom. The lowest BCUT2D eigenvalue weighted by molar-refractivity contribution is 0.572. The molecule has 2 atom stereocenters. The van der Waals surface area contributed by atoms with Crippen LogP contribution in [0.5, 0.6) is 0 Å². The van der Waals surface area contributed by atoms with Gasteiger partial charge in [-0.2, -0.15) is 0 Å². The second-order valence-corrected chi connectivity index (χ2v) is 7.52. The van der Waals surface area contributed by atoms with Crippen LogP contribution in [0.1, 0.15) is 57.4 Å². The molecule has 0 bridgehead atoms. The van der Waals surface area contributed by atoms with Gasteiger partial charge in [-0.1, -0.05) is 44.9 Å². The summed E-state index contributed by atoms with van der Waals surface area (Å²) in [5, 5.41) is 1.60. The standard InChI is InChI=1S/C22H25ClO2/c1-3-7-17(23)9-6-8-15(2)16-12-13-21-19(14-16)22(24)18-10-4-5-11-20(18)25-21/h4-5,10-15,17H,3,6-9H2,1-2H3. The van der Waals surface area contributed by atoms with Crippen molar-refractivity contribution in [3.8, 4) is 0 Å². The number of hydrogen-bond acceptors (Lipinski definition) is 2. The van der Waals surface area contributed by atoms with Gasteiger partial charge < -0.3 is 4.42 Å². The maximum Gasteiger partial charge on any atom is 0.200 e. The molecule has 0 spiro atoms. The lowest BCUT2D eigenvalue weighted by atomic mass is 9.93. The predicted octanol–water partition coefficient (Wildman–Crippen LogP) is 6.63. The van der Waals surface area contributed by atoms with E-state index < -0.39 is 0 Å². The van der Waals surface area contributed by atoms with Gasteiger partial charge in [0.05, 0.1) is 10.8 Å². The number of benzene rings is 2. The van der Waals surface area contributed by atoms with Crippen molar-refractivity contribution in [3.05, 3.63) is 58.3 Å². The highest BCUT2D eigenvalue weighted by molar-refractivity contribution is 6.20. The van der Waals surface area contributed by atoms with Crippen molar-refractivity contribution in [1.82, 2.24) is 0 Å². The van der Waals surface area contributed by atoms with Crippen molar-refractivity contribution in [2.45, 2.75) is 57.2 Å². The molecule has 2 unspecified atom stereocenters. The fourth-order valence-electron chi connectivity index (χ4n) is 3.40. The van der Waals surface area contributed by atoms with E-state index in [0.29, 0.717) is 27.9 Å². The quantitative estimate of drug-likeness (QED) is 0.351. The molecule has 0 saturated carbocycles. The van der Waals surface area contributed by atoms with E-state index in [4.69, 9.17) is 16.0 Å². The van der Waals surface area contributed by atoms with Crippen LogP contribution in [-0.2, 0) is 0 Å². The summed E-state index contributed by atoms with van der Waals surface area (Å²) in [6, 6.07) is 13.4. The van der Waals surface area contributed by atoms with E-state index in [1.807, 2.05) is 36.4 Å². The first-order valence-electron chi connectivity index (χ1n) is 9.19. The summed E-state index contributed by atoms with van der Waals surface area (Å²) in [4.78, 5) is 12.8. The molecule has 3 rings (SSSR count). The lowest BCUT2D eigenvalue weighted by Crippen LogP contribution is -2.04. The van der Waals surface area contributed by atoms with Gasteiger partial charge in [-0.3, -0.25) is 4.79 Å². The first-order valence-corrected chi connectivity index (χ1v) is 9.63. The molecule has 2 nitrogen and oxygen atoms in total. The first-order chi connectivity index (χ1) is 12.1. The lowest BCUT2D eigenvalue weighted by Gasteiger charge is -2.14. The Bertz CT molecular complexity index is 913. The van der Waals surface area contributed by atoms with Gasteiger partial charge in [0.25, 0.3) is 0 Å². The van der Waals surface area contributed by atoms with Crippen LogP contribution < -0.4 is 5.43 Å². The summed E-state index contributed by atoms with van der Waals surface area (Å²) in [7, 11) is 0. The summed E-state index contributed by atoms with van der Waals surface area (Å²) < 4.78 is 5.88. The van der Waals surface area contributed by atoms with Crippen LogP contribution in [0.25, 0.3) is 21.9 Å². The molecular weight excluding hydrogens is 332 g/mol. The molecule has 0 radical (unpaired) electrons. The topological polar surface area (TPSA) is 30.2 Å². The van der Waals surface area contributed by atoms with E-state index in [-0.39, 0.29) is 10.8 Å². The summed E-state index contributed by atoms with van der Waals surface area (Å²) >= 11 is 6.31. The van der Waals surface area contributed by atoms with Crippen LogP contribution in [0.2, 0.25) is 0 Å². The Hall–Kier alpha value is -1.80. The van der Waals surface area contributed by atoms with Crippen LogP contribution in [0.15, 0.2) is 51.7 Å². The number of para-hydroxylation sites is 1. The monoisotopic (exact) mass is 356 g/mol. The number of rotatable bonds is 7. The van der Waals surface area contributed by atoms with E-state index in [9.17, 15) is 4.79 Å². The Morgan fingerprint density at radius 2 is 1.76 bits per heavy atom.